The Labute approximate surface area is 129 Å². The molecular weight excluding hydrogens is 258 g/mol. The van der Waals surface area contributed by atoms with Crippen LogP contribution in [0.2, 0.25) is 0 Å². The monoisotopic (exact) mass is 287 g/mol. The average Bonchev–Trinajstić information content (AvgIpc) is 2.84. The van der Waals surface area contributed by atoms with Crippen molar-refractivity contribution in [1.29, 1.82) is 5.26 Å². The predicted octanol–water partition coefficient (Wildman–Crippen LogP) is 4.45. The topological polar surface area (TPSA) is 44.0 Å². The van der Waals surface area contributed by atoms with Gasteiger partial charge in [0.1, 0.15) is 0 Å². The number of allylic oxidation sites excluding steroid dienone is 2. The van der Waals surface area contributed by atoms with Gasteiger partial charge in [-0.15, -0.1) is 0 Å². The third-order valence-corrected chi connectivity index (χ3v) is 7.06. The van der Waals surface area contributed by atoms with Gasteiger partial charge in [-0.3, -0.25) is 0 Å². The third kappa shape index (κ3) is 2.55. The second kappa shape index (κ2) is 5.76. The summed E-state index contributed by atoms with van der Waals surface area (Å²) in [4.78, 5) is 0. The molecule has 0 aliphatic heterocycles. The van der Waals surface area contributed by atoms with Crippen molar-refractivity contribution in [2.45, 2.75) is 71.3 Å². The first kappa shape index (κ1) is 15.1. The molecule has 0 amide bonds. The molecule has 2 saturated carbocycles. The quantitative estimate of drug-likeness (QED) is 0.815. The van der Waals surface area contributed by atoms with Crippen molar-refractivity contribution in [1.82, 2.24) is 0 Å². The van der Waals surface area contributed by atoms with Gasteiger partial charge in [0.25, 0.3) is 0 Å². The summed E-state index contributed by atoms with van der Waals surface area (Å²) in [6.45, 7) is 4.56. The highest BCUT2D eigenvalue weighted by molar-refractivity contribution is 5.34. The summed E-state index contributed by atoms with van der Waals surface area (Å²) in [5.41, 5.74) is 1.15. The van der Waals surface area contributed by atoms with E-state index in [4.69, 9.17) is 0 Å². The zero-order valence-corrected chi connectivity index (χ0v) is 13.5. The van der Waals surface area contributed by atoms with Gasteiger partial charge in [-0.25, -0.2) is 0 Å². The normalized spacial score (nSPS) is 46.6. The lowest BCUT2D eigenvalue weighted by atomic mass is 9.59. The fourth-order valence-electron chi connectivity index (χ4n) is 5.54. The lowest BCUT2D eigenvalue weighted by molar-refractivity contribution is 0.0131. The van der Waals surface area contributed by atoms with Crippen molar-refractivity contribution < 1.29 is 5.11 Å². The molecule has 6 atom stereocenters. The zero-order chi connectivity index (χ0) is 15.0. The van der Waals surface area contributed by atoms with Gasteiger partial charge in [0, 0.05) is 11.0 Å². The summed E-state index contributed by atoms with van der Waals surface area (Å²) in [5.74, 6) is 3.06. The Balaban J connectivity index is 1.70. The number of hydrogen-bond donors (Lipinski definition) is 1. The summed E-state index contributed by atoms with van der Waals surface area (Å²) < 4.78 is 0. The van der Waals surface area contributed by atoms with Crippen LogP contribution in [0.3, 0.4) is 0 Å². The maximum atomic E-state index is 9.87. The number of hydrogen-bond acceptors (Lipinski definition) is 2. The van der Waals surface area contributed by atoms with E-state index >= 15 is 0 Å². The Morgan fingerprint density at radius 1 is 1.19 bits per heavy atom. The average molecular weight is 287 g/mol. The Morgan fingerprint density at radius 3 is 2.57 bits per heavy atom. The van der Waals surface area contributed by atoms with Gasteiger partial charge in [-0.2, -0.15) is 5.26 Å². The summed E-state index contributed by atoms with van der Waals surface area (Å²) in [7, 11) is 0. The maximum absolute atomic E-state index is 9.87. The Morgan fingerprint density at radius 2 is 1.86 bits per heavy atom. The van der Waals surface area contributed by atoms with Gasteiger partial charge in [-0.05, 0) is 75.0 Å². The van der Waals surface area contributed by atoms with Crippen molar-refractivity contribution in [3.63, 3.8) is 0 Å². The van der Waals surface area contributed by atoms with Crippen LogP contribution in [0.25, 0.3) is 0 Å². The molecule has 0 radical (unpaired) electrons. The van der Waals surface area contributed by atoms with Crippen LogP contribution in [0.15, 0.2) is 11.6 Å². The van der Waals surface area contributed by atoms with Gasteiger partial charge in [0.05, 0.1) is 12.2 Å². The van der Waals surface area contributed by atoms with Gasteiger partial charge >= 0.3 is 0 Å². The van der Waals surface area contributed by atoms with Crippen LogP contribution in [0, 0.1) is 40.4 Å². The van der Waals surface area contributed by atoms with E-state index in [9.17, 15) is 10.4 Å². The van der Waals surface area contributed by atoms with Crippen LogP contribution < -0.4 is 0 Å². The molecule has 21 heavy (non-hydrogen) atoms. The van der Waals surface area contributed by atoms with Crippen LogP contribution in [-0.2, 0) is 0 Å². The van der Waals surface area contributed by atoms with E-state index in [-0.39, 0.29) is 11.5 Å². The minimum absolute atomic E-state index is 0.0398. The zero-order valence-electron chi connectivity index (χ0n) is 13.5. The fraction of sp³-hybridized carbons (Fsp3) is 0.842. The van der Waals surface area contributed by atoms with Gasteiger partial charge in [0.2, 0.25) is 0 Å². The maximum Gasteiger partial charge on any atom is 0.0949 e. The first-order chi connectivity index (χ1) is 10.1. The highest BCUT2D eigenvalue weighted by atomic mass is 16.3. The molecular formula is C19H29NO. The second-order valence-electron chi connectivity index (χ2n) is 7.90. The van der Waals surface area contributed by atoms with E-state index in [2.05, 4.69) is 26.0 Å². The lowest BCUT2D eigenvalue weighted by Gasteiger charge is -2.46. The molecule has 0 spiro atoms. The summed E-state index contributed by atoms with van der Waals surface area (Å²) in [5, 5.41) is 19.3. The van der Waals surface area contributed by atoms with E-state index in [1.54, 1.807) is 0 Å². The van der Waals surface area contributed by atoms with Crippen molar-refractivity contribution in [3.05, 3.63) is 11.6 Å². The van der Waals surface area contributed by atoms with E-state index in [0.29, 0.717) is 5.92 Å². The molecule has 0 aromatic rings. The van der Waals surface area contributed by atoms with Crippen molar-refractivity contribution in [3.8, 4) is 6.07 Å². The van der Waals surface area contributed by atoms with Gasteiger partial charge < -0.3 is 5.11 Å². The molecule has 3 aliphatic rings. The first-order valence-corrected chi connectivity index (χ1v) is 8.87. The van der Waals surface area contributed by atoms with Gasteiger partial charge in [-0.1, -0.05) is 19.9 Å². The van der Waals surface area contributed by atoms with Crippen molar-refractivity contribution in [2.24, 2.45) is 29.1 Å². The number of nitriles is 1. The third-order valence-electron chi connectivity index (χ3n) is 7.06. The number of nitrogens with zero attached hydrogens (tertiary/aromatic N) is 1. The molecule has 1 unspecified atom stereocenters. The number of fused-ring (bicyclic) bond motifs is 1. The standard InChI is InChI=1S/C19H29NO/c1-3-19(2)16(12-20)7-9-18(19)15-5-4-14-11-17(21)8-6-13(14)10-15/h7,13-15,17-18,21H,3-6,8-11H2,1-2H3/t13-,14?,15-,17-,18-,19+/m1/s1. The molecule has 3 rings (SSSR count). The van der Waals surface area contributed by atoms with Crippen LogP contribution >= 0.6 is 0 Å². The Kier molecular flexibility index (Phi) is 4.14. The van der Waals surface area contributed by atoms with E-state index in [0.717, 1.165) is 49.0 Å². The van der Waals surface area contributed by atoms with Gasteiger partial charge in [0.15, 0.2) is 0 Å². The van der Waals surface area contributed by atoms with Crippen LogP contribution in [0.1, 0.15) is 65.2 Å². The van der Waals surface area contributed by atoms with Crippen LogP contribution in [0.4, 0.5) is 0 Å². The van der Waals surface area contributed by atoms with E-state index < -0.39 is 0 Å². The predicted molar refractivity (Wildman–Crippen MR) is 84.4 cm³/mol. The number of aliphatic hydroxyl groups excluding tert-OH is 1. The summed E-state index contributed by atoms with van der Waals surface area (Å²) in [6, 6.07) is 2.46. The van der Waals surface area contributed by atoms with Crippen molar-refractivity contribution >= 4 is 0 Å². The van der Waals surface area contributed by atoms with E-state index in [1.165, 1.54) is 25.7 Å². The minimum atomic E-state index is -0.0398. The summed E-state index contributed by atoms with van der Waals surface area (Å²) in [6.07, 6.45) is 11.6. The summed E-state index contributed by atoms with van der Waals surface area (Å²) >= 11 is 0. The molecule has 116 valence electrons. The van der Waals surface area contributed by atoms with E-state index in [1.807, 2.05) is 0 Å². The van der Waals surface area contributed by atoms with Crippen LogP contribution in [-0.4, -0.2) is 11.2 Å². The first-order valence-electron chi connectivity index (χ1n) is 8.87. The largest absolute Gasteiger partial charge is 0.393 e. The molecule has 0 bridgehead atoms. The molecule has 0 heterocycles. The second-order valence-corrected chi connectivity index (χ2v) is 7.90. The van der Waals surface area contributed by atoms with Crippen LogP contribution in [0.5, 0.6) is 0 Å². The number of rotatable bonds is 2. The fourth-order valence-corrected chi connectivity index (χ4v) is 5.54. The molecule has 0 saturated heterocycles. The highest BCUT2D eigenvalue weighted by Crippen LogP contribution is 2.55. The number of aliphatic hydroxyl groups is 1. The molecule has 2 nitrogen and oxygen atoms in total. The lowest BCUT2D eigenvalue weighted by Crippen LogP contribution is -2.38. The molecule has 0 aromatic heterocycles. The molecule has 3 aliphatic carbocycles. The minimum Gasteiger partial charge on any atom is -0.393 e. The van der Waals surface area contributed by atoms with Crippen molar-refractivity contribution in [2.75, 3.05) is 0 Å². The molecule has 2 fully saturated rings. The highest BCUT2D eigenvalue weighted by Gasteiger charge is 2.46. The Hall–Kier alpha value is -0.810. The smallest absolute Gasteiger partial charge is 0.0949 e. The SMILES string of the molecule is CC[C@@]1(C)C(C#N)=CC[C@@H]1[C@@H]1CCC2C[C@H](O)CC[C@@H]2C1. The molecule has 0 aromatic carbocycles. The molecule has 1 N–H and O–H groups in total. The molecule has 2 heteroatoms. The Bertz CT molecular complexity index is 463.